The highest BCUT2D eigenvalue weighted by Gasteiger charge is 2.09. The molecule has 0 saturated carbocycles. The summed E-state index contributed by atoms with van der Waals surface area (Å²) in [7, 11) is 0. The predicted octanol–water partition coefficient (Wildman–Crippen LogP) is 3.62. The third-order valence-corrected chi connectivity index (χ3v) is 3.92. The Labute approximate surface area is 140 Å². The Hall–Kier alpha value is -2.76. The lowest BCUT2D eigenvalue weighted by molar-refractivity contribution is 0.618. The second-order valence-corrected chi connectivity index (χ2v) is 5.41. The number of halogens is 1. The van der Waals surface area contributed by atoms with Gasteiger partial charge < -0.3 is 10.2 Å². The van der Waals surface area contributed by atoms with Crippen LogP contribution in [0.4, 0.5) is 15.9 Å². The Balaban J connectivity index is 1.72. The zero-order valence-corrected chi connectivity index (χ0v) is 13.8. The minimum absolute atomic E-state index is 0.199. The topological polar surface area (TPSA) is 53.9 Å². The van der Waals surface area contributed by atoms with Crippen LogP contribution in [0.15, 0.2) is 42.7 Å². The van der Waals surface area contributed by atoms with Crippen LogP contribution in [0, 0.1) is 5.82 Å². The van der Waals surface area contributed by atoms with E-state index in [4.69, 9.17) is 0 Å². The number of benzene rings is 1. The van der Waals surface area contributed by atoms with Crippen molar-refractivity contribution in [2.45, 2.75) is 20.4 Å². The van der Waals surface area contributed by atoms with Crippen LogP contribution in [0.25, 0.3) is 11.2 Å². The molecule has 0 aliphatic carbocycles. The number of anilines is 2. The smallest absolute Gasteiger partial charge is 0.180 e. The highest BCUT2D eigenvalue weighted by molar-refractivity contribution is 5.71. The Bertz CT molecular complexity index is 833. The van der Waals surface area contributed by atoms with Crippen LogP contribution in [0.3, 0.4) is 0 Å². The molecule has 0 saturated heterocycles. The van der Waals surface area contributed by atoms with Crippen molar-refractivity contribution >= 4 is 22.7 Å². The molecule has 3 aromatic rings. The van der Waals surface area contributed by atoms with Gasteiger partial charge in [-0.1, -0.05) is 6.07 Å². The molecule has 6 heteroatoms. The maximum absolute atomic E-state index is 14.3. The van der Waals surface area contributed by atoms with Crippen molar-refractivity contribution in [1.29, 1.82) is 0 Å². The van der Waals surface area contributed by atoms with E-state index in [-0.39, 0.29) is 5.82 Å². The Morgan fingerprint density at radius 2 is 1.83 bits per heavy atom. The van der Waals surface area contributed by atoms with E-state index in [2.05, 4.69) is 20.3 Å². The quantitative estimate of drug-likeness (QED) is 0.750. The summed E-state index contributed by atoms with van der Waals surface area (Å²) in [5.74, 6) is 0.492. The number of rotatable bonds is 6. The number of aromatic nitrogens is 3. The standard InChI is InChI=1S/C18H20FN5/c1-3-24(4-2)16-7-5-13(11-14(16)19)12-22-17-8-6-15-18(23-17)21-10-9-20-15/h5-11H,3-4,12H2,1-2H3,(H,21,22,23). The van der Waals surface area contributed by atoms with Crippen LogP contribution in [-0.4, -0.2) is 28.0 Å². The fourth-order valence-electron chi connectivity index (χ4n) is 2.63. The average molecular weight is 325 g/mol. The number of nitrogens with zero attached hydrogens (tertiary/aromatic N) is 4. The largest absolute Gasteiger partial charge is 0.370 e. The minimum atomic E-state index is -0.199. The van der Waals surface area contributed by atoms with E-state index < -0.39 is 0 Å². The first kappa shape index (κ1) is 16.1. The summed E-state index contributed by atoms with van der Waals surface area (Å²) >= 11 is 0. The van der Waals surface area contributed by atoms with Crippen molar-refractivity contribution in [2.24, 2.45) is 0 Å². The summed E-state index contributed by atoms with van der Waals surface area (Å²) in [6, 6.07) is 9.05. The number of pyridine rings is 1. The zero-order chi connectivity index (χ0) is 16.9. The van der Waals surface area contributed by atoms with Crippen LogP contribution >= 0.6 is 0 Å². The van der Waals surface area contributed by atoms with Crippen LogP contribution < -0.4 is 10.2 Å². The molecular formula is C18H20FN5. The molecule has 0 spiro atoms. The van der Waals surface area contributed by atoms with Crippen molar-refractivity contribution in [3.8, 4) is 0 Å². The van der Waals surface area contributed by atoms with E-state index in [0.29, 0.717) is 23.7 Å². The lowest BCUT2D eigenvalue weighted by atomic mass is 10.1. The van der Waals surface area contributed by atoms with E-state index in [9.17, 15) is 4.39 Å². The van der Waals surface area contributed by atoms with Gasteiger partial charge in [0.25, 0.3) is 0 Å². The van der Waals surface area contributed by atoms with Crippen LogP contribution in [0.5, 0.6) is 0 Å². The maximum atomic E-state index is 14.3. The van der Waals surface area contributed by atoms with Crippen molar-refractivity contribution in [1.82, 2.24) is 15.0 Å². The second-order valence-electron chi connectivity index (χ2n) is 5.41. The van der Waals surface area contributed by atoms with Crippen LogP contribution in [0.1, 0.15) is 19.4 Å². The van der Waals surface area contributed by atoms with Gasteiger partial charge in [0.15, 0.2) is 5.65 Å². The molecule has 0 aliphatic heterocycles. The normalized spacial score (nSPS) is 10.8. The van der Waals surface area contributed by atoms with Crippen molar-refractivity contribution in [3.05, 3.63) is 54.1 Å². The molecule has 0 radical (unpaired) electrons. The number of fused-ring (bicyclic) bond motifs is 1. The molecule has 1 N–H and O–H groups in total. The van der Waals surface area contributed by atoms with E-state index in [1.807, 2.05) is 43.0 Å². The zero-order valence-electron chi connectivity index (χ0n) is 13.8. The average Bonchev–Trinajstić information content (AvgIpc) is 2.62. The maximum Gasteiger partial charge on any atom is 0.180 e. The molecule has 124 valence electrons. The lowest BCUT2D eigenvalue weighted by Gasteiger charge is -2.22. The molecule has 3 rings (SSSR count). The van der Waals surface area contributed by atoms with Gasteiger partial charge in [-0.3, -0.25) is 4.98 Å². The minimum Gasteiger partial charge on any atom is -0.370 e. The first-order valence-electron chi connectivity index (χ1n) is 8.06. The highest BCUT2D eigenvalue weighted by Crippen LogP contribution is 2.21. The molecule has 1 aromatic carbocycles. The summed E-state index contributed by atoms with van der Waals surface area (Å²) < 4.78 is 14.3. The monoisotopic (exact) mass is 325 g/mol. The molecule has 0 atom stereocenters. The third-order valence-electron chi connectivity index (χ3n) is 3.92. The first-order valence-corrected chi connectivity index (χ1v) is 8.06. The molecule has 2 heterocycles. The van der Waals surface area contributed by atoms with Gasteiger partial charge in [-0.15, -0.1) is 0 Å². The SMILES string of the molecule is CCN(CC)c1ccc(CNc2ccc3nccnc3n2)cc1F. The predicted molar refractivity (Wildman–Crippen MR) is 94.6 cm³/mol. The third kappa shape index (κ3) is 3.42. The van der Waals surface area contributed by atoms with Crippen LogP contribution in [0.2, 0.25) is 0 Å². The van der Waals surface area contributed by atoms with Crippen LogP contribution in [-0.2, 0) is 6.54 Å². The van der Waals surface area contributed by atoms with E-state index in [0.717, 1.165) is 24.2 Å². The van der Waals surface area contributed by atoms with E-state index in [1.165, 1.54) is 0 Å². The molecule has 24 heavy (non-hydrogen) atoms. The Morgan fingerprint density at radius 1 is 1.04 bits per heavy atom. The summed E-state index contributed by atoms with van der Waals surface area (Å²) in [4.78, 5) is 14.8. The molecule has 5 nitrogen and oxygen atoms in total. The summed E-state index contributed by atoms with van der Waals surface area (Å²) in [6.45, 7) is 6.10. The van der Waals surface area contributed by atoms with Gasteiger partial charge >= 0.3 is 0 Å². The van der Waals surface area contributed by atoms with Gasteiger partial charge in [0.2, 0.25) is 0 Å². The molecule has 0 bridgehead atoms. The molecule has 0 aliphatic rings. The van der Waals surface area contributed by atoms with Gasteiger partial charge in [0.1, 0.15) is 17.2 Å². The lowest BCUT2D eigenvalue weighted by Crippen LogP contribution is -2.23. The van der Waals surface area contributed by atoms with Gasteiger partial charge in [-0.05, 0) is 43.7 Å². The fraction of sp³-hybridized carbons (Fsp3) is 0.278. The number of hydrogen-bond donors (Lipinski definition) is 1. The summed E-state index contributed by atoms with van der Waals surface area (Å²) in [6.07, 6.45) is 3.25. The molecule has 0 unspecified atom stereocenters. The molecule has 2 aromatic heterocycles. The summed E-state index contributed by atoms with van der Waals surface area (Å²) in [5, 5.41) is 3.20. The van der Waals surface area contributed by atoms with E-state index in [1.54, 1.807) is 18.5 Å². The van der Waals surface area contributed by atoms with Crippen molar-refractivity contribution < 1.29 is 4.39 Å². The molecular weight excluding hydrogens is 305 g/mol. The number of nitrogens with one attached hydrogen (secondary N) is 1. The Kier molecular flexibility index (Phi) is 4.84. The van der Waals surface area contributed by atoms with Gasteiger partial charge in [-0.2, -0.15) is 0 Å². The highest BCUT2D eigenvalue weighted by atomic mass is 19.1. The Morgan fingerprint density at radius 3 is 2.58 bits per heavy atom. The first-order chi connectivity index (χ1) is 11.7. The summed E-state index contributed by atoms with van der Waals surface area (Å²) in [5.41, 5.74) is 2.84. The van der Waals surface area contributed by atoms with Crippen molar-refractivity contribution in [3.63, 3.8) is 0 Å². The van der Waals surface area contributed by atoms with Crippen molar-refractivity contribution in [2.75, 3.05) is 23.3 Å². The fourth-order valence-corrected chi connectivity index (χ4v) is 2.63. The van der Waals surface area contributed by atoms with Gasteiger partial charge in [0, 0.05) is 32.0 Å². The van der Waals surface area contributed by atoms with Gasteiger partial charge in [0.05, 0.1) is 5.69 Å². The molecule has 0 amide bonds. The van der Waals surface area contributed by atoms with Gasteiger partial charge in [-0.25, -0.2) is 14.4 Å². The second kappa shape index (κ2) is 7.21. The number of hydrogen-bond acceptors (Lipinski definition) is 5. The molecule has 0 fully saturated rings. The van der Waals surface area contributed by atoms with E-state index >= 15 is 0 Å².